The maximum atomic E-state index is 18.5. The Hall–Kier alpha value is -5.50. The molecule has 14 nitrogen and oxygen atoms in total. The molecule has 11 rings (SSSR count). The number of fused-ring (bicyclic) bond motifs is 3. The molecule has 8 heterocycles. The van der Waals surface area contributed by atoms with E-state index in [0.717, 1.165) is 57.0 Å². The first-order chi connectivity index (χ1) is 37.9. The number of hydrogen-bond donors (Lipinski definition) is 0. The van der Waals surface area contributed by atoms with Crippen molar-refractivity contribution in [1.29, 1.82) is 0 Å². The Balaban J connectivity index is 1.00. The Labute approximate surface area is 465 Å². The Morgan fingerprint density at radius 2 is 1.81 bits per heavy atom. The quantitative estimate of drug-likeness (QED) is 0.0633. The molecule has 4 aliphatic heterocycles. The molecule has 4 fully saturated rings. The third kappa shape index (κ3) is 10.8. The van der Waals surface area contributed by atoms with Gasteiger partial charge in [0.25, 0.3) is 8.32 Å². The van der Waals surface area contributed by atoms with E-state index in [0.29, 0.717) is 95.7 Å². The van der Waals surface area contributed by atoms with E-state index in [4.69, 9.17) is 50.3 Å². The predicted octanol–water partition coefficient (Wildman–Crippen LogP) is 11.2. The van der Waals surface area contributed by atoms with Crippen LogP contribution < -0.4 is 20.0 Å². The van der Waals surface area contributed by atoms with Gasteiger partial charge in [-0.15, -0.1) is 0 Å². The molecule has 0 N–H and O–H groups in total. The second kappa shape index (κ2) is 23.3. The number of alkyl halides is 1. The van der Waals surface area contributed by atoms with Crippen LogP contribution in [0.1, 0.15) is 97.3 Å². The molecule has 19 heteroatoms. The summed E-state index contributed by atoms with van der Waals surface area (Å²) in [4.78, 5) is 36.3. The molecule has 3 aromatic carbocycles. The number of halogens is 3. The van der Waals surface area contributed by atoms with Gasteiger partial charge in [-0.25, -0.2) is 27.8 Å². The SMILES string of the molecule is CCCCC1CCOC(n2ncc3c(-c4ncc5c(N6CCSCC(OC(=O)n7ccnc7)C6)nc(OC[C@@]67CCCN6C[C@H](F)C7)nc5c4F)c(CCCO[Si](c4ccccc4)(c4ccccc4)C(C)(C)C)c(Cl)cc32)C1. The fraction of sp³-hybridized carbons (Fsp3) is 0.492. The van der Waals surface area contributed by atoms with Gasteiger partial charge in [0.05, 0.1) is 29.2 Å². The second-order valence-corrected chi connectivity index (χ2v) is 28.4. The van der Waals surface area contributed by atoms with Gasteiger partial charge in [-0.2, -0.15) is 26.8 Å². The summed E-state index contributed by atoms with van der Waals surface area (Å²) < 4.78 is 63.2. The van der Waals surface area contributed by atoms with E-state index in [1.807, 2.05) is 27.8 Å². The summed E-state index contributed by atoms with van der Waals surface area (Å²) in [5.41, 5.74) is 1.52. The average molecular weight is 1120 g/mol. The van der Waals surface area contributed by atoms with Crippen molar-refractivity contribution in [2.75, 3.05) is 62.4 Å². The highest BCUT2D eigenvalue weighted by Gasteiger charge is 2.51. The average Bonchev–Trinajstić information content (AvgIpc) is 4.38. The highest BCUT2D eigenvalue weighted by atomic mass is 35.5. The van der Waals surface area contributed by atoms with Gasteiger partial charge in [-0.3, -0.25) is 9.88 Å². The number of anilines is 1. The van der Waals surface area contributed by atoms with Crippen molar-refractivity contribution in [2.24, 2.45) is 5.92 Å². The Kier molecular flexibility index (Phi) is 16.3. The summed E-state index contributed by atoms with van der Waals surface area (Å²) in [7, 11) is -2.89. The number of imidazole rings is 1. The molecule has 0 spiro atoms. The molecule has 0 radical (unpaired) electrons. The van der Waals surface area contributed by atoms with Crippen molar-refractivity contribution in [3.05, 3.63) is 114 Å². The smallest absolute Gasteiger partial charge is 0.419 e. The summed E-state index contributed by atoms with van der Waals surface area (Å²) in [6.45, 7) is 12.1. The molecule has 412 valence electrons. The van der Waals surface area contributed by atoms with E-state index in [-0.39, 0.29) is 41.6 Å². The molecule has 5 atom stereocenters. The normalized spacial score (nSPS) is 22.3. The van der Waals surface area contributed by atoms with Crippen molar-refractivity contribution in [3.8, 4) is 17.3 Å². The molecule has 0 bridgehead atoms. The van der Waals surface area contributed by atoms with Crippen LogP contribution in [-0.2, 0) is 20.3 Å². The lowest BCUT2D eigenvalue weighted by Crippen LogP contribution is -2.66. The Morgan fingerprint density at radius 1 is 1.01 bits per heavy atom. The number of benzene rings is 3. The van der Waals surface area contributed by atoms with E-state index in [2.05, 4.69) is 86.1 Å². The van der Waals surface area contributed by atoms with Crippen molar-refractivity contribution < 1.29 is 32.2 Å². The summed E-state index contributed by atoms with van der Waals surface area (Å²) in [6, 6.07) is 23.1. The van der Waals surface area contributed by atoms with Crippen LogP contribution in [0.3, 0.4) is 0 Å². The van der Waals surface area contributed by atoms with E-state index in [9.17, 15) is 4.79 Å². The van der Waals surface area contributed by atoms with E-state index < -0.39 is 38.0 Å². The molecule has 0 amide bonds. The summed E-state index contributed by atoms with van der Waals surface area (Å²) >= 11 is 9.20. The number of unbranched alkanes of at least 4 members (excludes halogenated alkanes) is 1. The Bertz CT molecular complexity index is 3170. The van der Waals surface area contributed by atoms with Gasteiger partial charge in [0, 0.05) is 78.8 Å². The van der Waals surface area contributed by atoms with Gasteiger partial charge < -0.3 is 23.5 Å². The molecule has 3 unspecified atom stereocenters. The number of aromatic nitrogens is 7. The number of carbonyl (C=O) groups excluding carboxylic acids is 1. The van der Waals surface area contributed by atoms with Crippen LogP contribution in [-0.4, -0.2) is 129 Å². The monoisotopic (exact) mass is 1120 g/mol. The summed E-state index contributed by atoms with van der Waals surface area (Å²) in [5.74, 6) is 1.43. The number of ether oxygens (including phenoxy) is 3. The zero-order chi connectivity index (χ0) is 54.0. The third-order valence-electron chi connectivity index (χ3n) is 16.5. The number of thioether (sulfide) groups is 1. The van der Waals surface area contributed by atoms with Crippen LogP contribution in [0.25, 0.3) is 33.1 Å². The van der Waals surface area contributed by atoms with Gasteiger partial charge in [0.15, 0.2) is 12.0 Å². The highest BCUT2D eigenvalue weighted by molar-refractivity contribution is 7.99. The number of carbonyl (C=O) groups is 1. The van der Waals surface area contributed by atoms with Crippen molar-refractivity contribution in [3.63, 3.8) is 0 Å². The molecule has 7 aromatic rings. The van der Waals surface area contributed by atoms with E-state index in [1.54, 1.807) is 30.4 Å². The van der Waals surface area contributed by atoms with Crippen molar-refractivity contribution >= 4 is 75.8 Å². The van der Waals surface area contributed by atoms with E-state index >= 15 is 8.78 Å². The van der Waals surface area contributed by atoms with Crippen LogP contribution in [0.2, 0.25) is 10.1 Å². The zero-order valence-corrected chi connectivity index (χ0v) is 47.7. The third-order valence-corrected chi connectivity index (χ3v) is 23.0. The highest BCUT2D eigenvalue weighted by Crippen LogP contribution is 2.44. The fourth-order valence-electron chi connectivity index (χ4n) is 12.7. The van der Waals surface area contributed by atoms with Gasteiger partial charge in [-0.05, 0) is 78.0 Å². The summed E-state index contributed by atoms with van der Waals surface area (Å²) in [6.07, 6.45) is 13.8. The molecular formula is C59H70ClF2N9O5SSi. The minimum Gasteiger partial charge on any atom is -0.461 e. The zero-order valence-electron chi connectivity index (χ0n) is 45.1. The lowest BCUT2D eigenvalue weighted by atomic mass is 9.92. The van der Waals surface area contributed by atoms with Crippen LogP contribution >= 0.6 is 23.4 Å². The van der Waals surface area contributed by atoms with Gasteiger partial charge in [0.1, 0.15) is 42.2 Å². The number of nitrogens with zero attached hydrogens (tertiary/aromatic N) is 9. The van der Waals surface area contributed by atoms with Crippen LogP contribution in [0, 0.1) is 11.7 Å². The molecule has 78 heavy (non-hydrogen) atoms. The van der Waals surface area contributed by atoms with Crippen LogP contribution in [0.5, 0.6) is 6.01 Å². The van der Waals surface area contributed by atoms with E-state index in [1.165, 1.54) is 27.5 Å². The maximum absolute atomic E-state index is 18.5. The molecular weight excluding hydrogens is 1050 g/mol. The first-order valence-electron chi connectivity index (χ1n) is 27.8. The first-order valence-corrected chi connectivity index (χ1v) is 31.2. The van der Waals surface area contributed by atoms with Crippen LogP contribution in [0.4, 0.5) is 19.4 Å². The summed E-state index contributed by atoms with van der Waals surface area (Å²) in [5, 5.41) is 8.64. The van der Waals surface area contributed by atoms with Crippen molar-refractivity contribution in [2.45, 2.75) is 121 Å². The molecule has 4 aliphatic rings. The van der Waals surface area contributed by atoms with Gasteiger partial charge in [0.2, 0.25) is 0 Å². The number of rotatable bonds is 17. The first kappa shape index (κ1) is 54.5. The minimum atomic E-state index is -2.89. The lowest BCUT2D eigenvalue weighted by Gasteiger charge is -2.43. The Morgan fingerprint density at radius 3 is 2.55 bits per heavy atom. The van der Waals surface area contributed by atoms with Crippen molar-refractivity contribution in [1.82, 2.24) is 39.2 Å². The minimum absolute atomic E-state index is 0.00953. The standard InChI is InChI=1S/C59H70ClF2N9O5SSi/c1-5-6-15-40-21-28-73-50(30-40)71-49-31-48(60)45(20-13-27-75-78(58(2,3)4,43-16-9-7-10-17-43)44-18-11-8-12-19-44)51(46(49)34-65-71)54-52(62)53-47(33-64-54)55(67-56(66-53)74-38-59-22-14-24-70(59)35-41(61)32-59)68-26-29-77-37-42(36-68)76-57(72)69-25-23-63-39-69/h7-12,16-19,23,25,31,33-34,39-42,50H,5-6,13-15,20-22,24,26-30,32,35-38H2,1-4H3/t40?,41-,42?,50?,59+/m1/s1. The molecule has 4 aromatic heterocycles. The largest absolute Gasteiger partial charge is 0.461 e. The van der Waals surface area contributed by atoms with Crippen LogP contribution in [0.15, 0.2) is 97.8 Å². The fourth-order valence-corrected chi connectivity index (χ4v) is 18.6. The molecule has 4 saturated heterocycles. The molecule has 0 aliphatic carbocycles. The lowest BCUT2D eigenvalue weighted by molar-refractivity contribution is -0.0597. The number of hydrogen-bond acceptors (Lipinski definition) is 13. The molecule has 0 saturated carbocycles. The second-order valence-electron chi connectivity index (χ2n) is 22.6. The topological polar surface area (TPSA) is 135 Å². The predicted molar refractivity (Wildman–Crippen MR) is 306 cm³/mol. The van der Waals surface area contributed by atoms with Gasteiger partial charge in [-0.1, -0.05) is 119 Å². The maximum Gasteiger partial charge on any atom is 0.419 e. The number of pyridine rings is 1. The van der Waals surface area contributed by atoms with Gasteiger partial charge >= 0.3 is 12.1 Å².